The maximum absolute atomic E-state index is 12.0. The normalized spacial score (nSPS) is 10.5. The van der Waals surface area contributed by atoms with Crippen molar-refractivity contribution in [2.45, 2.75) is 4.34 Å². The molecule has 0 saturated carbocycles. The van der Waals surface area contributed by atoms with E-state index in [4.69, 9.17) is 0 Å². The summed E-state index contributed by atoms with van der Waals surface area (Å²) in [4.78, 5) is 23.9. The fraction of sp³-hybridized carbons (Fsp3) is 0.125. The van der Waals surface area contributed by atoms with Gasteiger partial charge in [-0.2, -0.15) is 0 Å². The van der Waals surface area contributed by atoms with Gasteiger partial charge in [-0.15, -0.1) is 10.2 Å². The van der Waals surface area contributed by atoms with Gasteiger partial charge in [-0.1, -0.05) is 45.1 Å². The zero-order chi connectivity index (χ0) is 18.5. The second-order valence-electron chi connectivity index (χ2n) is 5.18. The Balaban J connectivity index is 1.50. The molecule has 3 rings (SSSR count). The fourth-order valence-corrected chi connectivity index (χ4v) is 4.03. The molecule has 26 heavy (non-hydrogen) atoms. The van der Waals surface area contributed by atoms with Crippen LogP contribution in [0.2, 0.25) is 0 Å². The standard InChI is InChI=1S/C16H14BrN5O2S2/c1-22-7-3-6-12(22)14(24)19-13(23)9-25-16-21-20-15(26-16)18-11-5-2-4-10(17)8-11/h2-8H,9H2,1H3,(H,18,20)(H,19,23,24). The van der Waals surface area contributed by atoms with Gasteiger partial charge < -0.3 is 9.88 Å². The van der Waals surface area contributed by atoms with E-state index in [1.54, 1.807) is 29.9 Å². The summed E-state index contributed by atoms with van der Waals surface area (Å²) in [5, 5.41) is 14.2. The smallest absolute Gasteiger partial charge is 0.274 e. The van der Waals surface area contributed by atoms with Gasteiger partial charge in [-0.25, -0.2) is 0 Å². The molecule has 0 atom stereocenters. The van der Waals surface area contributed by atoms with E-state index < -0.39 is 5.91 Å². The van der Waals surface area contributed by atoms with Crippen LogP contribution in [0.4, 0.5) is 10.8 Å². The number of benzene rings is 1. The lowest BCUT2D eigenvalue weighted by atomic mass is 10.3. The molecule has 2 amide bonds. The Morgan fingerprint density at radius 2 is 2.12 bits per heavy atom. The summed E-state index contributed by atoms with van der Waals surface area (Å²) in [6.45, 7) is 0. The average Bonchev–Trinajstić information content (AvgIpc) is 3.22. The lowest BCUT2D eigenvalue weighted by Gasteiger charge is -2.04. The van der Waals surface area contributed by atoms with Crippen molar-refractivity contribution in [3.63, 3.8) is 0 Å². The van der Waals surface area contributed by atoms with Gasteiger partial charge in [0.1, 0.15) is 5.69 Å². The molecular formula is C16H14BrN5O2S2. The van der Waals surface area contributed by atoms with Gasteiger partial charge in [0, 0.05) is 23.4 Å². The van der Waals surface area contributed by atoms with Gasteiger partial charge in [0.2, 0.25) is 11.0 Å². The molecule has 1 aromatic carbocycles. The van der Waals surface area contributed by atoms with Crippen LogP contribution < -0.4 is 10.6 Å². The van der Waals surface area contributed by atoms with Crippen LogP contribution in [0, 0.1) is 0 Å². The number of aromatic nitrogens is 3. The van der Waals surface area contributed by atoms with Gasteiger partial charge in [-0.05, 0) is 30.3 Å². The number of halogens is 1. The van der Waals surface area contributed by atoms with E-state index >= 15 is 0 Å². The molecule has 0 spiro atoms. The highest BCUT2D eigenvalue weighted by Gasteiger charge is 2.14. The Morgan fingerprint density at radius 3 is 2.85 bits per heavy atom. The van der Waals surface area contributed by atoms with Gasteiger partial charge in [0.25, 0.3) is 5.91 Å². The Kier molecular flexibility index (Phi) is 6.07. The highest BCUT2D eigenvalue weighted by molar-refractivity contribution is 9.10. The molecule has 134 valence electrons. The molecule has 0 aliphatic heterocycles. The number of aryl methyl sites for hydroxylation is 1. The lowest BCUT2D eigenvalue weighted by Crippen LogP contribution is -2.32. The molecule has 0 saturated heterocycles. The minimum Gasteiger partial charge on any atom is -0.347 e. The third kappa shape index (κ3) is 4.93. The molecule has 0 aliphatic carbocycles. The number of hydrogen-bond acceptors (Lipinski definition) is 7. The summed E-state index contributed by atoms with van der Waals surface area (Å²) in [5.74, 6) is -0.711. The average molecular weight is 452 g/mol. The Labute approximate surface area is 166 Å². The Bertz CT molecular complexity index is 940. The minimum absolute atomic E-state index is 0.0850. The predicted molar refractivity (Wildman–Crippen MR) is 106 cm³/mol. The zero-order valence-electron chi connectivity index (χ0n) is 13.6. The van der Waals surface area contributed by atoms with E-state index in [1.807, 2.05) is 24.3 Å². The van der Waals surface area contributed by atoms with Gasteiger partial charge in [0.15, 0.2) is 4.34 Å². The van der Waals surface area contributed by atoms with E-state index in [2.05, 4.69) is 36.8 Å². The number of nitrogens with zero attached hydrogens (tertiary/aromatic N) is 3. The first-order valence-corrected chi connectivity index (χ1v) is 10.0. The van der Waals surface area contributed by atoms with Crippen LogP contribution in [0.3, 0.4) is 0 Å². The van der Waals surface area contributed by atoms with Crippen molar-refractivity contribution in [2.24, 2.45) is 7.05 Å². The molecule has 3 aromatic rings. The topological polar surface area (TPSA) is 88.9 Å². The van der Waals surface area contributed by atoms with Crippen LogP contribution in [0.1, 0.15) is 10.5 Å². The molecule has 0 aliphatic rings. The number of imide groups is 1. The summed E-state index contributed by atoms with van der Waals surface area (Å²) in [7, 11) is 1.75. The number of anilines is 2. The summed E-state index contributed by atoms with van der Waals surface area (Å²) < 4.78 is 3.26. The molecule has 2 N–H and O–H groups in total. The second-order valence-corrected chi connectivity index (χ2v) is 8.29. The van der Waals surface area contributed by atoms with Gasteiger partial charge in [0.05, 0.1) is 5.75 Å². The van der Waals surface area contributed by atoms with Crippen molar-refractivity contribution in [3.8, 4) is 0 Å². The number of carbonyl (C=O) groups is 2. The highest BCUT2D eigenvalue weighted by Crippen LogP contribution is 2.28. The SMILES string of the molecule is Cn1cccc1C(=O)NC(=O)CSc1nnc(Nc2cccc(Br)c2)s1. The largest absolute Gasteiger partial charge is 0.347 e. The Morgan fingerprint density at radius 1 is 1.27 bits per heavy atom. The molecule has 0 bridgehead atoms. The van der Waals surface area contributed by atoms with Crippen LogP contribution in [0.15, 0.2) is 51.4 Å². The maximum atomic E-state index is 12.0. The summed E-state index contributed by atoms with van der Waals surface area (Å²) in [6, 6.07) is 11.1. The van der Waals surface area contributed by atoms with E-state index in [-0.39, 0.29) is 11.7 Å². The molecule has 7 nitrogen and oxygen atoms in total. The molecular weight excluding hydrogens is 438 g/mol. The summed E-state index contributed by atoms with van der Waals surface area (Å²) >= 11 is 5.98. The molecule has 0 unspecified atom stereocenters. The van der Waals surface area contributed by atoms with Gasteiger partial charge in [-0.3, -0.25) is 14.9 Å². The predicted octanol–water partition coefficient (Wildman–Crippen LogP) is 3.43. The number of rotatable bonds is 6. The van der Waals surface area contributed by atoms with Crippen molar-refractivity contribution >= 4 is 61.7 Å². The van der Waals surface area contributed by atoms with E-state index in [9.17, 15) is 9.59 Å². The lowest BCUT2D eigenvalue weighted by molar-refractivity contribution is -0.117. The first-order valence-electron chi connectivity index (χ1n) is 7.45. The number of nitrogens with one attached hydrogen (secondary N) is 2. The zero-order valence-corrected chi connectivity index (χ0v) is 16.8. The van der Waals surface area contributed by atoms with Gasteiger partial charge >= 0.3 is 0 Å². The Hall–Kier alpha value is -2.17. The first-order chi connectivity index (χ1) is 12.5. The van der Waals surface area contributed by atoms with Crippen LogP contribution in [0.5, 0.6) is 0 Å². The monoisotopic (exact) mass is 451 g/mol. The molecule has 0 fully saturated rings. The van der Waals surface area contributed by atoms with Crippen molar-refractivity contribution in [2.75, 3.05) is 11.1 Å². The van der Waals surface area contributed by atoms with E-state index in [0.29, 0.717) is 15.2 Å². The van der Waals surface area contributed by atoms with E-state index in [1.165, 1.54) is 23.1 Å². The number of carbonyl (C=O) groups excluding carboxylic acids is 2. The van der Waals surface area contributed by atoms with Crippen molar-refractivity contribution < 1.29 is 9.59 Å². The number of hydrogen-bond donors (Lipinski definition) is 2. The quantitative estimate of drug-likeness (QED) is 0.558. The summed E-state index contributed by atoms with van der Waals surface area (Å²) in [6.07, 6.45) is 1.75. The maximum Gasteiger partial charge on any atom is 0.274 e. The molecule has 2 heterocycles. The third-order valence-corrected chi connectivity index (χ3v) is 5.70. The second kappa shape index (κ2) is 8.47. The van der Waals surface area contributed by atoms with Crippen LogP contribution >= 0.6 is 39.0 Å². The minimum atomic E-state index is -0.419. The first kappa shape index (κ1) is 18.6. The number of thioether (sulfide) groups is 1. The van der Waals surface area contributed by atoms with Crippen molar-refractivity contribution in [1.29, 1.82) is 0 Å². The molecule has 10 heteroatoms. The number of amides is 2. The fourth-order valence-electron chi connectivity index (χ4n) is 2.06. The third-order valence-electron chi connectivity index (χ3n) is 3.24. The van der Waals surface area contributed by atoms with Crippen molar-refractivity contribution in [3.05, 3.63) is 52.8 Å². The summed E-state index contributed by atoms with van der Waals surface area (Å²) in [5.41, 5.74) is 1.32. The molecule has 0 radical (unpaired) electrons. The van der Waals surface area contributed by atoms with Crippen LogP contribution in [-0.2, 0) is 11.8 Å². The van der Waals surface area contributed by atoms with Crippen LogP contribution in [-0.4, -0.2) is 32.3 Å². The van der Waals surface area contributed by atoms with Crippen LogP contribution in [0.25, 0.3) is 0 Å². The highest BCUT2D eigenvalue weighted by atomic mass is 79.9. The van der Waals surface area contributed by atoms with E-state index in [0.717, 1.165) is 10.2 Å². The van der Waals surface area contributed by atoms with Crippen molar-refractivity contribution in [1.82, 2.24) is 20.1 Å². The molecule has 2 aromatic heterocycles.